The molecular formula is C17H31Cl2N5OS. The van der Waals surface area contributed by atoms with Gasteiger partial charge in [-0.05, 0) is 6.42 Å². The number of thiazole rings is 1. The first-order valence-electron chi connectivity index (χ1n) is 9.11. The van der Waals surface area contributed by atoms with Crippen molar-refractivity contribution in [2.24, 2.45) is 0 Å². The Kier molecular flexibility index (Phi) is 11.0. The van der Waals surface area contributed by atoms with Gasteiger partial charge in [0.15, 0.2) is 0 Å². The predicted octanol–water partition coefficient (Wildman–Crippen LogP) is 1.49. The van der Waals surface area contributed by atoms with Crippen LogP contribution < -0.4 is 5.32 Å². The number of rotatable bonds is 6. The van der Waals surface area contributed by atoms with E-state index in [1.54, 1.807) is 11.3 Å². The molecule has 6 nitrogen and oxygen atoms in total. The summed E-state index contributed by atoms with van der Waals surface area (Å²) in [5.74, 6) is 0.313. The molecule has 0 spiro atoms. The monoisotopic (exact) mass is 423 g/mol. The van der Waals surface area contributed by atoms with Crippen molar-refractivity contribution in [1.29, 1.82) is 0 Å². The van der Waals surface area contributed by atoms with Gasteiger partial charge in [0.1, 0.15) is 0 Å². The molecule has 2 aliphatic rings. The molecular weight excluding hydrogens is 393 g/mol. The third-order valence-electron chi connectivity index (χ3n) is 4.86. The summed E-state index contributed by atoms with van der Waals surface area (Å²) in [4.78, 5) is 23.8. The van der Waals surface area contributed by atoms with Crippen LogP contribution in [0.1, 0.15) is 24.0 Å². The zero-order chi connectivity index (χ0) is 16.8. The van der Waals surface area contributed by atoms with Crippen LogP contribution in [0.2, 0.25) is 0 Å². The molecule has 0 saturated carbocycles. The van der Waals surface area contributed by atoms with Gasteiger partial charge < -0.3 is 15.1 Å². The van der Waals surface area contributed by atoms with Crippen LogP contribution >= 0.6 is 36.2 Å². The van der Waals surface area contributed by atoms with Gasteiger partial charge in [0.05, 0.1) is 10.7 Å². The average molecular weight is 424 g/mol. The highest BCUT2D eigenvalue weighted by Crippen LogP contribution is 2.13. The zero-order valence-corrected chi connectivity index (χ0v) is 17.9. The zero-order valence-electron chi connectivity index (χ0n) is 15.5. The number of hydrogen-bond acceptors (Lipinski definition) is 6. The normalized spacial score (nSPS) is 18.9. The van der Waals surface area contributed by atoms with Crippen LogP contribution in [0.25, 0.3) is 0 Å². The summed E-state index contributed by atoms with van der Waals surface area (Å²) in [5.41, 5.74) is 1.21. The Morgan fingerprint density at radius 3 is 2.38 bits per heavy atom. The van der Waals surface area contributed by atoms with Gasteiger partial charge in [-0.25, -0.2) is 4.98 Å². The molecule has 2 aliphatic heterocycles. The number of nitrogens with zero attached hydrogens (tertiary/aromatic N) is 4. The van der Waals surface area contributed by atoms with E-state index in [1.165, 1.54) is 10.7 Å². The lowest BCUT2D eigenvalue weighted by Crippen LogP contribution is -2.49. The minimum Gasteiger partial charge on any atom is -0.340 e. The lowest BCUT2D eigenvalue weighted by molar-refractivity contribution is -0.132. The second-order valence-corrected chi connectivity index (χ2v) is 7.53. The molecule has 1 amide bonds. The number of carbonyl (C=O) groups is 1. The Morgan fingerprint density at radius 2 is 1.77 bits per heavy atom. The molecule has 0 aliphatic carbocycles. The van der Waals surface area contributed by atoms with Gasteiger partial charge in [0, 0.05) is 77.2 Å². The number of piperazine rings is 2. The summed E-state index contributed by atoms with van der Waals surface area (Å²) in [6, 6.07) is 0. The first kappa shape index (κ1) is 23.6. The van der Waals surface area contributed by atoms with E-state index in [9.17, 15) is 4.79 Å². The Hall–Kier alpha value is -0.440. The SMILES string of the molecule is CCc1nc(CN2CCN(CCC(=O)N3CCNCC3)CC2)cs1.Cl.Cl. The Bertz CT molecular complexity index is 531. The smallest absolute Gasteiger partial charge is 0.223 e. The maximum absolute atomic E-state index is 12.2. The molecule has 1 N–H and O–H groups in total. The van der Waals surface area contributed by atoms with Gasteiger partial charge in [-0.1, -0.05) is 6.92 Å². The summed E-state index contributed by atoms with van der Waals surface area (Å²) in [7, 11) is 0. The molecule has 0 aromatic carbocycles. The van der Waals surface area contributed by atoms with Crippen molar-refractivity contribution in [3.63, 3.8) is 0 Å². The van der Waals surface area contributed by atoms with E-state index in [0.29, 0.717) is 12.3 Å². The number of aromatic nitrogens is 1. The van der Waals surface area contributed by atoms with Crippen molar-refractivity contribution in [2.75, 3.05) is 58.9 Å². The van der Waals surface area contributed by atoms with Gasteiger partial charge >= 0.3 is 0 Å². The highest BCUT2D eigenvalue weighted by atomic mass is 35.5. The highest BCUT2D eigenvalue weighted by Gasteiger charge is 2.20. The number of nitrogens with one attached hydrogen (secondary N) is 1. The molecule has 1 aromatic rings. The molecule has 2 fully saturated rings. The lowest BCUT2D eigenvalue weighted by Gasteiger charge is -2.35. The fraction of sp³-hybridized carbons (Fsp3) is 0.765. The Morgan fingerprint density at radius 1 is 1.12 bits per heavy atom. The summed E-state index contributed by atoms with van der Waals surface area (Å²) < 4.78 is 0. The Balaban J connectivity index is 0.00000169. The number of hydrogen-bond donors (Lipinski definition) is 1. The molecule has 0 atom stereocenters. The maximum Gasteiger partial charge on any atom is 0.223 e. The number of carbonyl (C=O) groups excluding carboxylic acids is 1. The molecule has 3 rings (SSSR count). The summed E-state index contributed by atoms with van der Waals surface area (Å²) in [5, 5.41) is 6.71. The van der Waals surface area contributed by atoms with E-state index in [1.807, 2.05) is 4.90 Å². The van der Waals surface area contributed by atoms with Crippen molar-refractivity contribution < 1.29 is 4.79 Å². The van der Waals surface area contributed by atoms with Crippen LogP contribution in [0, 0.1) is 0 Å². The third kappa shape index (κ3) is 6.94. The lowest BCUT2D eigenvalue weighted by atomic mass is 10.2. The minimum absolute atomic E-state index is 0. The largest absolute Gasteiger partial charge is 0.340 e. The number of amides is 1. The molecule has 26 heavy (non-hydrogen) atoms. The molecule has 0 bridgehead atoms. The van der Waals surface area contributed by atoms with Crippen LogP contribution in [0.5, 0.6) is 0 Å². The second kappa shape index (κ2) is 12.1. The van der Waals surface area contributed by atoms with E-state index in [2.05, 4.69) is 32.4 Å². The van der Waals surface area contributed by atoms with E-state index in [4.69, 9.17) is 0 Å². The minimum atomic E-state index is 0. The van der Waals surface area contributed by atoms with Crippen LogP contribution in [-0.4, -0.2) is 84.5 Å². The molecule has 2 saturated heterocycles. The van der Waals surface area contributed by atoms with Gasteiger partial charge in [-0.2, -0.15) is 0 Å². The van der Waals surface area contributed by atoms with E-state index >= 15 is 0 Å². The van der Waals surface area contributed by atoms with Gasteiger partial charge in [-0.15, -0.1) is 36.2 Å². The van der Waals surface area contributed by atoms with E-state index in [-0.39, 0.29) is 24.8 Å². The van der Waals surface area contributed by atoms with Crippen LogP contribution in [0.4, 0.5) is 0 Å². The summed E-state index contributed by atoms with van der Waals surface area (Å²) in [6.45, 7) is 11.9. The topological polar surface area (TPSA) is 51.7 Å². The van der Waals surface area contributed by atoms with Crippen molar-refractivity contribution in [2.45, 2.75) is 26.3 Å². The predicted molar refractivity (Wildman–Crippen MR) is 112 cm³/mol. The first-order valence-corrected chi connectivity index (χ1v) is 9.99. The molecule has 0 unspecified atom stereocenters. The van der Waals surface area contributed by atoms with Crippen molar-refractivity contribution in [3.8, 4) is 0 Å². The van der Waals surface area contributed by atoms with E-state index < -0.39 is 0 Å². The highest BCUT2D eigenvalue weighted by molar-refractivity contribution is 7.09. The van der Waals surface area contributed by atoms with Crippen LogP contribution in [0.3, 0.4) is 0 Å². The van der Waals surface area contributed by atoms with Crippen LogP contribution in [-0.2, 0) is 17.8 Å². The van der Waals surface area contributed by atoms with Gasteiger partial charge in [0.25, 0.3) is 0 Å². The number of aryl methyl sites for hydroxylation is 1. The van der Waals surface area contributed by atoms with Gasteiger partial charge in [-0.3, -0.25) is 9.69 Å². The maximum atomic E-state index is 12.2. The van der Waals surface area contributed by atoms with Crippen molar-refractivity contribution in [1.82, 2.24) is 25.0 Å². The molecule has 1 aromatic heterocycles. The fourth-order valence-corrected chi connectivity index (χ4v) is 4.05. The standard InChI is InChI=1S/C17H29N5OS.2ClH/c1-2-16-19-15(14-24-16)13-21-11-9-20(10-12-21)6-3-17(23)22-7-4-18-5-8-22;;/h14,18H,2-13H2,1H3;2*1H. The fourth-order valence-electron chi connectivity index (χ4n) is 3.31. The first-order chi connectivity index (χ1) is 11.7. The quantitative estimate of drug-likeness (QED) is 0.750. The average Bonchev–Trinajstić information content (AvgIpc) is 3.09. The molecule has 150 valence electrons. The van der Waals surface area contributed by atoms with Gasteiger partial charge in [0.2, 0.25) is 5.91 Å². The summed E-state index contributed by atoms with van der Waals surface area (Å²) in [6.07, 6.45) is 1.69. The second-order valence-electron chi connectivity index (χ2n) is 6.58. The third-order valence-corrected chi connectivity index (χ3v) is 5.91. The van der Waals surface area contributed by atoms with Crippen molar-refractivity contribution in [3.05, 3.63) is 16.1 Å². The number of halogens is 2. The molecule has 3 heterocycles. The summed E-state index contributed by atoms with van der Waals surface area (Å²) >= 11 is 1.77. The Labute approximate surface area is 173 Å². The molecule has 0 radical (unpaired) electrons. The van der Waals surface area contributed by atoms with E-state index in [0.717, 1.165) is 71.9 Å². The van der Waals surface area contributed by atoms with Crippen molar-refractivity contribution >= 4 is 42.1 Å². The molecule has 9 heteroatoms. The van der Waals surface area contributed by atoms with Crippen LogP contribution in [0.15, 0.2) is 5.38 Å².